The molecule has 10 heteroatoms. The quantitative estimate of drug-likeness (QED) is 0.412. The van der Waals surface area contributed by atoms with Crippen LogP contribution in [0.25, 0.3) is 0 Å². The van der Waals surface area contributed by atoms with Crippen LogP contribution < -0.4 is 9.47 Å². The number of hydrogen-bond acceptors (Lipinski definition) is 7. The lowest BCUT2D eigenvalue weighted by Gasteiger charge is -2.14. The minimum atomic E-state index is -3.85. The number of thiophene rings is 1. The van der Waals surface area contributed by atoms with Crippen molar-refractivity contribution in [3.63, 3.8) is 0 Å². The first-order valence-corrected chi connectivity index (χ1v) is 9.43. The summed E-state index contributed by atoms with van der Waals surface area (Å²) in [5.74, 6) is 0.110. The monoisotopic (exact) mass is 384 g/mol. The zero-order valence-electron chi connectivity index (χ0n) is 13.7. The third-order valence-electron chi connectivity index (χ3n) is 2.92. The molecule has 0 saturated carbocycles. The van der Waals surface area contributed by atoms with E-state index < -0.39 is 14.9 Å². The Morgan fingerprint density at radius 2 is 2.08 bits per heavy atom. The van der Waals surface area contributed by atoms with E-state index in [0.29, 0.717) is 0 Å². The molecule has 0 unspecified atom stereocenters. The second kappa shape index (κ2) is 7.62. The molecule has 0 atom stereocenters. The molecule has 0 bridgehead atoms. The van der Waals surface area contributed by atoms with E-state index in [2.05, 4.69) is 4.40 Å². The van der Waals surface area contributed by atoms with E-state index in [0.717, 1.165) is 17.6 Å². The number of nitrogens with zero attached hydrogens (tertiary/aromatic N) is 2. The Morgan fingerprint density at radius 3 is 2.60 bits per heavy atom. The standard InChI is InChI=1S/C15H16N2O6S2/c1-10(2)23-15-12(17(18)19)7-11(8-13(15)22-3)9-16-25(20,21)14-5-4-6-24-14/h4-10H,1-3H3/b16-9-. The second-order valence-corrected chi connectivity index (χ2v) is 7.94. The average Bonchev–Trinajstić information content (AvgIpc) is 3.08. The first kappa shape index (κ1) is 18.9. The number of rotatable bonds is 7. The van der Waals surface area contributed by atoms with Crippen molar-refractivity contribution in [3.8, 4) is 11.5 Å². The molecule has 2 aromatic rings. The van der Waals surface area contributed by atoms with Gasteiger partial charge in [-0.2, -0.15) is 12.8 Å². The SMILES string of the molecule is COc1cc(/C=N\S(=O)(=O)c2cccs2)cc([N+](=O)[O-])c1OC(C)C. The van der Waals surface area contributed by atoms with Gasteiger partial charge in [0.25, 0.3) is 10.0 Å². The number of methoxy groups -OCH3 is 1. The lowest BCUT2D eigenvalue weighted by molar-refractivity contribution is -0.386. The molecular weight excluding hydrogens is 368 g/mol. The van der Waals surface area contributed by atoms with Gasteiger partial charge in [0.1, 0.15) is 4.21 Å². The second-order valence-electron chi connectivity index (χ2n) is 5.14. The molecule has 0 aliphatic carbocycles. The Bertz CT molecular complexity index is 889. The van der Waals surface area contributed by atoms with Crippen LogP contribution in [0.1, 0.15) is 19.4 Å². The van der Waals surface area contributed by atoms with Crippen LogP contribution in [-0.2, 0) is 10.0 Å². The van der Waals surface area contributed by atoms with Gasteiger partial charge in [0.15, 0.2) is 5.75 Å². The molecule has 2 rings (SSSR count). The predicted octanol–water partition coefficient (Wildman–Crippen LogP) is 3.26. The number of benzene rings is 1. The zero-order valence-corrected chi connectivity index (χ0v) is 15.3. The molecule has 0 radical (unpaired) electrons. The maximum absolute atomic E-state index is 12.1. The van der Waals surface area contributed by atoms with E-state index in [1.165, 1.54) is 25.3 Å². The van der Waals surface area contributed by atoms with E-state index in [4.69, 9.17) is 9.47 Å². The van der Waals surface area contributed by atoms with Gasteiger partial charge < -0.3 is 9.47 Å². The highest BCUT2D eigenvalue weighted by Gasteiger charge is 2.23. The van der Waals surface area contributed by atoms with Gasteiger partial charge in [-0.3, -0.25) is 10.1 Å². The molecule has 0 spiro atoms. The summed E-state index contributed by atoms with van der Waals surface area (Å²) in [4.78, 5) is 10.7. The molecule has 0 aliphatic heterocycles. The molecule has 0 fully saturated rings. The summed E-state index contributed by atoms with van der Waals surface area (Å²) in [6, 6.07) is 5.64. The van der Waals surface area contributed by atoms with Gasteiger partial charge in [-0.1, -0.05) is 6.07 Å². The molecule has 8 nitrogen and oxygen atoms in total. The normalized spacial score (nSPS) is 11.8. The maximum atomic E-state index is 12.1. The Labute approximate surface area is 148 Å². The summed E-state index contributed by atoms with van der Waals surface area (Å²) in [5, 5.41) is 12.9. The molecule has 0 saturated heterocycles. The average molecular weight is 384 g/mol. The van der Waals surface area contributed by atoms with Crippen molar-refractivity contribution in [2.45, 2.75) is 24.2 Å². The number of nitro benzene ring substituents is 1. The van der Waals surface area contributed by atoms with E-state index in [1.807, 2.05) is 0 Å². The smallest absolute Gasteiger partial charge is 0.315 e. The van der Waals surface area contributed by atoms with Crippen molar-refractivity contribution in [2.24, 2.45) is 4.40 Å². The lowest BCUT2D eigenvalue weighted by Crippen LogP contribution is -2.09. The summed E-state index contributed by atoms with van der Waals surface area (Å²) in [5.41, 5.74) is -0.122. The summed E-state index contributed by atoms with van der Waals surface area (Å²) in [7, 11) is -2.51. The molecule has 1 heterocycles. The maximum Gasteiger partial charge on any atom is 0.315 e. The molecule has 0 N–H and O–H groups in total. The highest BCUT2D eigenvalue weighted by molar-refractivity contribution is 7.92. The van der Waals surface area contributed by atoms with Crippen LogP contribution in [0, 0.1) is 10.1 Å². The topological polar surface area (TPSA) is 108 Å². The van der Waals surface area contributed by atoms with Crippen molar-refractivity contribution in [1.82, 2.24) is 0 Å². The molecular formula is C15H16N2O6S2. The van der Waals surface area contributed by atoms with Gasteiger partial charge in [0.2, 0.25) is 5.75 Å². The van der Waals surface area contributed by atoms with Gasteiger partial charge in [-0.15, -0.1) is 11.3 Å². The van der Waals surface area contributed by atoms with Gasteiger partial charge in [0.05, 0.1) is 18.1 Å². The van der Waals surface area contributed by atoms with Crippen LogP contribution in [0.4, 0.5) is 5.69 Å². The van der Waals surface area contributed by atoms with E-state index >= 15 is 0 Å². The van der Waals surface area contributed by atoms with Crippen LogP contribution in [-0.4, -0.2) is 32.8 Å². The van der Waals surface area contributed by atoms with E-state index in [-0.39, 0.29) is 33.1 Å². The zero-order chi connectivity index (χ0) is 18.6. The molecule has 0 aliphatic rings. The third kappa shape index (κ3) is 4.54. The van der Waals surface area contributed by atoms with Gasteiger partial charge in [-0.05, 0) is 31.4 Å². The van der Waals surface area contributed by atoms with Crippen LogP contribution >= 0.6 is 11.3 Å². The molecule has 1 aromatic carbocycles. The minimum absolute atomic E-state index is 0.0132. The minimum Gasteiger partial charge on any atom is -0.493 e. The van der Waals surface area contributed by atoms with Gasteiger partial charge in [0, 0.05) is 17.8 Å². The first-order chi connectivity index (χ1) is 11.7. The Balaban J connectivity index is 2.47. The number of nitro groups is 1. The summed E-state index contributed by atoms with van der Waals surface area (Å²) in [6.07, 6.45) is 0.746. The number of hydrogen-bond donors (Lipinski definition) is 0. The van der Waals surface area contributed by atoms with Crippen LogP contribution in [0.15, 0.2) is 38.3 Å². The summed E-state index contributed by atoms with van der Waals surface area (Å²) in [6.45, 7) is 3.46. The van der Waals surface area contributed by atoms with Crippen LogP contribution in [0.3, 0.4) is 0 Å². The molecule has 0 amide bonds. The largest absolute Gasteiger partial charge is 0.493 e. The van der Waals surface area contributed by atoms with Crippen molar-refractivity contribution >= 4 is 33.3 Å². The van der Waals surface area contributed by atoms with E-state index in [9.17, 15) is 18.5 Å². The van der Waals surface area contributed by atoms with Crippen LogP contribution in [0.5, 0.6) is 11.5 Å². The first-order valence-electron chi connectivity index (χ1n) is 7.11. The highest BCUT2D eigenvalue weighted by atomic mass is 32.2. The summed E-state index contributed by atoms with van der Waals surface area (Å²) >= 11 is 1.04. The van der Waals surface area contributed by atoms with Crippen molar-refractivity contribution < 1.29 is 22.8 Å². The molecule has 1 aromatic heterocycles. The number of sulfonamides is 1. The molecule has 25 heavy (non-hydrogen) atoms. The number of ether oxygens (including phenoxy) is 2. The Hall–Kier alpha value is -2.46. The van der Waals surface area contributed by atoms with Gasteiger partial charge in [-0.25, -0.2) is 0 Å². The third-order valence-corrected chi connectivity index (χ3v) is 5.53. The van der Waals surface area contributed by atoms with Crippen molar-refractivity contribution in [2.75, 3.05) is 7.11 Å². The predicted molar refractivity (Wildman–Crippen MR) is 94.5 cm³/mol. The molecule has 134 valence electrons. The fourth-order valence-corrected chi connectivity index (χ4v) is 3.76. The van der Waals surface area contributed by atoms with E-state index in [1.54, 1.807) is 25.3 Å². The fourth-order valence-electron chi connectivity index (χ4n) is 1.92. The Kier molecular flexibility index (Phi) is 5.75. The van der Waals surface area contributed by atoms with Crippen molar-refractivity contribution in [3.05, 3.63) is 45.3 Å². The lowest BCUT2D eigenvalue weighted by atomic mass is 10.2. The van der Waals surface area contributed by atoms with Crippen molar-refractivity contribution in [1.29, 1.82) is 0 Å². The van der Waals surface area contributed by atoms with Gasteiger partial charge >= 0.3 is 5.69 Å². The van der Waals surface area contributed by atoms with Crippen LogP contribution in [0.2, 0.25) is 0 Å². The highest BCUT2D eigenvalue weighted by Crippen LogP contribution is 2.38. The Morgan fingerprint density at radius 1 is 1.36 bits per heavy atom. The summed E-state index contributed by atoms with van der Waals surface area (Å²) < 4.78 is 38.4. The fraction of sp³-hybridized carbons (Fsp3) is 0.267.